The van der Waals surface area contributed by atoms with Crippen molar-refractivity contribution in [3.63, 3.8) is 0 Å². The van der Waals surface area contributed by atoms with Crippen molar-refractivity contribution in [2.75, 3.05) is 17.9 Å². The second-order valence-electron chi connectivity index (χ2n) is 5.97. The molecule has 21 heavy (non-hydrogen) atoms. The molecule has 3 heterocycles. The van der Waals surface area contributed by atoms with Crippen molar-refractivity contribution in [2.45, 2.75) is 58.0 Å². The Balaban J connectivity index is 2.04. The fourth-order valence-electron chi connectivity index (χ4n) is 1.99. The maximum Gasteiger partial charge on any atom is 0.496 e. The van der Waals surface area contributed by atoms with E-state index in [2.05, 4.69) is 4.98 Å². The Morgan fingerprint density at radius 3 is 2.24 bits per heavy atom. The van der Waals surface area contributed by atoms with Crippen LogP contribution in [-0.2, 0) is 9.31 Å². The second-order valence-corrected chi connectivity index (χ2v) is 5.97. The zero-order valence-corrected chi connectivity index (χ0v) is 12.5. The summed E-state index contributed by atoms with van der Waals surface area (Å²) in [5.41, 5.74) is -0.770. The molecular formula is C16H25BN2O2. The Morgan fingerprint density at radius 2 is 1.71 bits per heavy atom. The molecule has 0 saturated carbocycles. The second kappa shape index (κ2) is 5.29. The van der Waals surface area contributed by atoms with Crippen LogP contribution in [0.5, 0.6) is 0 Å². The van der Waals surface area contributed by atoms with Crippen molar-refractivity contribution in [3.8, 4) is 0 Å². The minimum atomic E-state index is -3.47. The first kappa shape index (κ1) is 7.01. The van der Waals surface area contributed by atoms with Gasteiger partial charge in [0, 0.05) is 38.4 Å². The molecule has 0 amide bonds. The van der Waals surface area contributed by atoms with E-state index in [-0.39, 0.29) is 4.90 Å². The van der Waals surface area contributed by atoms with Gasteiger partial charge in [-0.05, 0) is 52.9 Å². The van der Waals surface area contributed by atoms with Gasteiger partial charge in [-0.25, -0.2) is 4.98 Å². The first-order valence-corrected chi connectivity index (χ1v) is 6.77. The fraction of sp³-hybridized carbons (Fsp3) is 0.688. The summed E-state index contributed by atoms with van der Waals surface area (Å²) in [5, 5.41) is 0. The summed E-state index contributed by atoms with van der Waals surface area (Å²) in [6, 6.07) is 2.66. The zero-order valence-electron chi connectivity index (χ0n) is 22.5. The highest BCUT2D eigenvalue weighted by molar-refractivity contribution is 6.62. The first-order chi connectivity index (χ1) is 13.7. The molecule has 0 spiro atoms. The largest absolute Gasteiger partial charge is 0.496 e. The molecule has 0 bridgehead atoms. The van der Waals surface area contributed by atoms with Crippen molar-refractivity contribution in [1.82, 2.24) is 4.98 Å². The third kappa shape index (κ3) is 2.81. The van der Waals surface area contributed by atoms with Gasteiger partial charge in [-0.15, -0.1) is 0 Å². The van der Waals surface area contributed by atoms with Crippen LogP contribution < -0.4 is 10.4 Å². The summed E-state index contributed by atoms with van der Waals surface area (Å²) in [5.74, 6) is -0.390. The van der Waals surface area contributed by atoms with E-state index in [1.54, 1.807) is 0 Å². The predicted molar refractivity (Wildman–Crippen MR) is 86.0 cm³/mol. The summed E-state index contributed by atoms with van der Waals surface area (Å²) >= 11 is 0. The summed E-state index contributed by atoms with van der Waals surface area (Å²) in [7, 11) is -0.784. The predicted octanol–water partition coefficient (Wildman–Crippen LogP) is 2.37. The van der Waals surface area contributed by atoms with Crippen LogP contribution >= 0.6 is 0 Å². The van der Waals surface area contributed by atoms with Crippen molar-refractivity contribution in [1.29, 1.82) is 0 Å². The van der Waals surface area contributed by atoms with E-state index in [9.17, 15) is 0 Å². The highest BCUT2D eigenvalue weighted by Crippen LogP contribution is 2.36. The zero-order chi connectivity index (χ0) is 24.1. The van der Waals surface area contributed by atoms with Crippen LogP contribution in [0.2, 0.25) is 0 Å². The molecule has 3 rings (SSSR count). The average Bonchev–Trinajstić information content (AvgIpc) is 2.81. The monoisotopic (exact) mass is 298 g/mol. The van der Waals surface area contributed by atoms with Gasteiger partial charge in [0.05, 0.1) is 11.2 Å². The first-order valence-electron chi connectivity index (χ1n) is 11.8. The highest BCUT2D eigenvalue weighted by atomic mass is 16.7. The molecule has 0 radical (unpaired) electrons. The minimum Gasteiger partial charge on any atom is -0.399 e. The Hall–Kier alpha value is -1.07. The molecule has 4 nitrogen and oxygen atoms in total. The van der Waals surface area contributed by atoms with Gasteiger partial charge in [0.25, 0.3) is 0 Å². The van der Waals surface area contributed by atoms with Gasteiger partial charge in [0.1, 0.15) is 5.82 Å². The quantitative estimate of drug-likeness (QED) is 0.785. The van der Waals surface area contributed by atoms with Crippen LogP contribution in [0.1, 0.15) is 60.5 Å². The molecule has 0 aliphatic carbocycles. The highest BCUT2D eigenvalue weighted by Gasteiger charge is 2.51. The molecule has 5 heteroatoms. The molecule has 2 aliphatic rings. The van der Waals surface area contributed by atoms with Crippen molar-refractivity contribution < 1.29 is 23.0 Å². The van der Waals surface area contributed by atoms with E-state index >= 15 is 0 Å². The molecule has 2 saturated heterocycles. The number of hydrogen-bond donors (Lipinski definition) is 0. The lowest BCUT2D eigenvalue weighted by molar-refractivity contribution is 0.00578. The van der Waals surface area contributed by atoms with Gasteiger partial charge in [-0.1, -0.05) is 6.07 Å². The van der Waals surface area contributed by atoms with Crippen LogP contribution in [0.4, 0.5) is 5.82 Å². The molecule has 2 aliphatic heterocycles. The molecule has 0 atom stereocenters. The third-order valence-electron chi connectivity index (χ3n) is 3.99. The van der Waals surface area contributed by atoms with Gasteiger partial charge in [-0.3, -0.25) is 0 Å². The molecule has 1 aromatic heterocycles. The van der Waals surface area contributed by atoms with Gasteiger partial charge in [0.15, 0.2) is 0 Å². The van der Waals surface area contributed by atoms with E-state index in [1.807, 2.05) is 27.7 Å². The Bertz CT molecular complexity index is 830. The molecule has 2 fully saturated rings. The fourth-order valence-corrected chi connectivity index (χ4v) is 1.99. The van der Waals surface area contributed by atoms with Crippen LogP contribution in [0.25, 0.3) is 0 Å². The number of anilines is 1. The van der Waals surface area contributed by atoms with Gasteiger partial charge < -0.3 is 14.2 Å². The molecule has 0 N–H and O–H groups in total. The normalized spacial score (nSPS) is 43.4. The van der Waals surface area contributed by atoms with Crippen LogP contribution in [0, 0.1) is 0 Å². The summed E-state index contributed by atoms with van der Waals surface area (Å²) in [4.78, 5) is 4.27. The van der Waals surface area contributed by atoms with Crippen molar-refractivity contribution in [3.05, 3.63) is 18.3 Å². The van der Waals surface area contributed by atoms with Crippen LogP contribution in [0.3, 0.4) is 0 Å². The maximum atomic E-state index is 8.22. The van der Waals surface area contributed by atoms with Crippen molar-refractivity contribution in [2.24, 2.45) is 0 Å². The lowest BCUT2D eigenvalue weighted by Crippen LogP contribution is -2.41. The van der Waals surface area contributed by atoms with E-state index in [0.29, 0.717) is 5.46 Å². The topological polar surface area (TPSA) is 34.6 Å². The molecule has 0 aromatic carbocycles. The lowest BCUT2D eigenvalue weighted by Gasteiger charge is -2.32. The number of hydrogen-bond acceptors (Lipinski definition) is 4. The molecular weight excluding hydrogens is 263 g/mol. The standard InChI is InChI=1S/C16H25BN2O2/c1-15(2)16(3,4)21-17(20-15)13-8-9-14(18-12-13)19-10-6-5-7-11-19/h8-9,12H,5-7,10-11H2,1-4H3/i5D2,6D2,7D2,10D2,11D2. The summed E-state index contributed by atoms with van der Waals surface area (Å²) in [6.07, 6.45) is -9.01. The van der Waals surface area contributed by atoms with E-state index in [0.717, 1.165) is 0 Å². The number of pyridine rings is 1. The summed E-state index contributed by atoms with van der Waals surface area (Å²) < 4.78 is 92.5. The Morgan fingerprint density at radius 1 is 1.10 bits per heavy atom. The Kier molecular flexibility index (Phi) is 1.77. The maximum absolute atomic E-state index is 8.22. The smallest absolute Gasteiger partial charge is 0.399 e. The van der Waals surface area contributed by atoms with E-state index < -0.39 is 56.3 Å². The lowest BCUT2D eigenvalue weighted by atomic mass is 9.80. The van der Waals surface area contributed by atoms with Gasteiger partial charge in [-0.2, -0.15) is 0 Å². The van der Waals surface area contributed by atoms with E-state index in [4.69, 9.17) is 23.0 Å². The number of rotatable bonds is 2. The van der Waals surface area contributed by atoms with Crippen LogP contribution in [0.15, 0.2) is 18.3 Å². The van der Waals surface area contributed by atoms with E-state index in [1.165, 1.54) is 18.3 Å². The third-order valence-corrected chi connectivity index (χ3v) is 3.99. The summed E-state index contributed by atoms with van der Waals surface area (Å²) in [6.45, 7) is 0.940. The van der Waals surface area contributed by atoms with Crippen LogP contribution in [-0.4, -0.2) is 36.3 Å². The van der Waals surface area contributed by atoms with Gasteiger partial charge >= 0.3 is 7.12 Å². The molecule has 0 unspecified atom stereocenters. The average molecular weight is 298 g/mol. The van der Waals surface area contributed by atoms with Gasteiger partial charge in [0.2, 0.25) is 0 Å². The molecule has 1 aromatic rings. The Labute approximate surface area is 142 Å². The SMILES string of the molecule is [2H]C1([2H])N(c2ccc(B3OC(C)(C)C(C)(C)O3)cn2)C([2H])([2H])C([2H])([2H])C([2H])([2H])C1([2H])[2H]. The van der Waals surface area contributed by atoms with Crippen molar-refractivity contribution >= 4 is 18.4 Å². The molecule has 114 valence electrons. The number of aromatic nitrogens is 1. The number of nitrogens with zero attached hydrogens (tertiary/aromatic N) is 2. The number of piperidine rings is 1. The minimum absolute atomic E-state index is 0.231.